The van der Waals surface area contributed by atoms with Gasteiger partial charge in [0.05, 0.1) is 31.0 Å². The summed E-state index contributed by atoms with van der Waals surface area (Å²) in [6.07, 6.45) is 3.65. The van der Waals surface area contributed by atoms with E-state index in [0.29, 0.717) is 19.8 Å². The fraction of sp³-hybridized carbons (Fsp3) is 0.333. The largest absolute Gasteiger partial charge is 0.379 e. The minimum atomic E-state index is -0.255. The van der Waals surface area contributed by atoms with Crippen molar-refractivity contribution in [1.82, 2.24) is 15.1 Å². The van der Waals surface area contributed by atoms with E-state index < -0.39 is 0 Å². The van der Waals surface area contributed by atoms with Crippen LogP contribution in [-0.2, 0) is 16.1 Å². The molecular formula is C15H18N4O2. The molecule has 0 saturated carbocycles. The van der Waals surface area contributed by atoms with Gasteiger partial charge in [-0.3, -0.25) is 4.79 Å². The Kier molecular flexibility index (Phi) is 3.98. The third-order valence-electron chi connectivity index (χ3n) is 3.58. The Morgan fingerprint density at radius 2 is 2.19 bits per heavy atom. The van der Waals surface area contributed by atoms with Crippen molar-refractivity contribution in [3.05, 3.63) is 48.3 Å². The highest BCUT2D eigenvalue weighted by atomic mass is 16.5. The van der Waals surface area contributed by atoms with Crippen molar-refractivity contribution in [2.45, 2.75) is 12.6 Å². The Balaban J connectivity index is 1.59. The maximum Gasteiger partial charge on any atom is 0.227 e. The number of hydrogen-bond acceptors (Lipinski definition) is 4. The maximum absolute atomic E-state index is 12.0. The molecule has 0 radical (unpaired) electrons. The first-order valence-corrected chi connectivity index (χ1v) is 6.94. The standard InChI is InChI=1S/C15H18N4O2/c16-14-10-21-9-13(14)15(20)17-6-11-7-18-19(8-11)12-4-2-1-3-5-12/h1-5,7-8,13-14H,6,9-10,16H2,(H,17,20). The van der Waals surface area contributed by atoms with Crippen molar-refractivity contribution in [3.8, 4) is 5.69 Å². The van der Waals surface area contributed by atoms with Crippen LogP contribution < -0.4 is 11.1 Å². The van der Waals surface area contributed by atoms with E-state index in [1.54, 1.807) is 10.9 Å². The van der Waals surface area contributed by atoms with Crippen LogP contribution >= 0.6 is 0 Å². The van der Waals surface area contributed by atoms with Gasteiger partial charge in [-0.05, 0) is 12.1 Å². The number of hydrogen-bond donors (Lipinski definition) is 2. The highest BCUT2D eigenvalue weighted by Gasteiger charge is 2.31. The summed E-state index contributed by atoms with van der Waals surface area (Å²) in [5, 5.41) is 7.18. The van der Waals surface area contributed by atoms with Gasteiger partial charge in [0.2, 0.25) is 5.91 Å². The number of nitrogens with two attached hydrogens (primary N) is 1. The lowest BCUT2D eigenvalue weighted by atomic mass is 10.0. The Morgan fingerprint density at radius 1 is 1.38 bits per heavy atom. The van der Waals surface area contributed by atoms with Gasteiger partial charge in [0.25, 0.3) is 0 Å². The van der Waals surface area contributed by atoms with E-state index in [9.17, 15) is 4.79 Å². The van der Waals surface area contributed by atoms with Gasteiger partial charge in [0.15, 0.2) is 0 Å². The van der Waals surface area contributed by atoms with Crippen LogP contribution in [0.2, 0.25) is 0 Å². The molecule has 3 rings (SSSR count). The van der Waals surface area contributed by atoms with E-state index in [1.807, 2.05) is 36.5 Å². The molecule has 2 unspecified atom stereocenters. The molecule has 21 heavy (non-hydrogen) atoms. The summed E-state index contributed by atoms with van der Waals surface area (Å²) in [7, 11) is 0. The Bertz CT molecular complexity index is 611. The van der Waals surface area contributed by atoms with E-state index in [1.165, 1.54) is 0 Å². The van der Waals surface area contributed by atoms with Crippen molar-refractivity contribution < 1.29 is 9.53 Å². The summed E-state index contributed by atoms with van der Waals surface area (Å²) in [4.78, 5) is 12.0. The molecule has 3 N–H and O–H groups in total. The van der Waals surface area contributed by atoms with Crippen LogP contribution in [0.3, 0.4) is 0 Å². The number of carbonyl (C=O) groups is 1. The van der Waals surface area contributed by atoms with Gasteiger partial charge in [-0.2, -0.15) is 5.10 Å². The first kappa shape index (κ1) is 13.8. The predicted molar refractivity (Wildman–Crippen MR) is 77.7 cm³/mol. The van der Waals surface area contributed by atoms with Gasteiger partial charge in [-0.25, -0.2) is 4.68 Å². The van der Waals surface area contributed by atoms with Crippen molar-refractivity contribution in [2.24, 2.45) is 11.7 Å². The molecule has 1 aromatic heterocycles. The number of rotatable bonds is 4. The van der Waals surface area contributed by atoms with Crippen LogP contribution in [0.4, 0.5) is 0 Å². The second-order valence-corrected chi connectivity index (χ2v) is 5.15. The molecular weight excluding hydrogens is 268 g/mol. The van der Waals surface area contributed by atoms with E-state index >= 15 is 0 Å². The van der Waals surface area contributed by atoms with Gasteiger partial charge in [0, 0.05) is 24.3 Å². The molecule has 6 nitrogen and oxygen atoms in total. The highest BCUT2D eigenvalue weighted by molar-refractivity contribution is 5.79. The van der Waals surface area contributed by atoms with E-state index in [2.05, 4.69) is 10.4 Å². The molecule has 1 aromatic carbocycles. The number of ether oxygens (including phenoxy) is 1. The number of amides is 1. The molecule has 2 heterocycles. The molecule has 110 valence electrons. The monoisotopic (exact) mass is 286 g/mol. The molecule has 0 bridgehead atoms. The number of para-hydroxylation sites is 1. The summed E-state index contributed by atoms with van der Waals surface area (Å²) in [6.45, 7) is 1.29. The number of nitrogens with one attached hydrogen (secondary N) is 1. The van der Waals surface area contributed by atoms with Crippen LogP contribution in [0, 0.1) is 5.92 Å². The highest BCUT2D eigenvalue weighted by Crippen LogP contribution is 2.12. The molecule has 1 saturated heterocycles. The lowest BCUT2D eigenvalue weighted by Gasteiger charge is -2.12. The first-order chi connectivity index (χ1) is 10.2. The molecule has 0 spiro atoms. The SMILES string of the molecule is NC1COCC1C(=O)NCc1cnn(-c2ccccc2)c1. The zero-order valence-electron chi connectivity index (χ0n) is 11.6. The summed E-state index contributed by atoms with van der Waals surface area (Å²) in [5.74, 6) is -0.318. The molecule has 1 amide bonds. The van der Waals surface area contributed by atoms with Gasteiger partial charge in [-0.15, -0.1) is 0 Å². The van der Waals surface area contributed by atoms with Crippen molar-refractivity contribution in [3.63, 3.8) is 0 Å². The third-order valence-corrected chi connectivity index (χ3v) is 3.58. The molecule has 0 aliphatic carbocycles. The minimum Gasteiger partial charge on any atom is -0.379 e. The molecule has 2 atom stereocenters. The Morgan fingerprint density at radius 3 is 2.90 bits per heavy atom. The van der Waals surface area contributed by atoms with Crippen LogP contribution in [0.1, 0.15) is 5.56 Å². The fourth-order valence-electron chi connectivity index (χ4n) is 2.33. The van der Waals surface area contributed by atoms with Gasteiger partial charge in [0.1, 0.15) is 0 Å². The van der Waals surface area contributed by atoms with Crippen LogP contribution in [-0.4, -0.2) is 34.9 Å². The number of nitrogens with zero attached hydrogens (tertiary/aromatic N) is 2. The topological polar surface area (TPSA) is 82.2 Å². The smallest absolute Gasteiger partial charge is 0.227 e. The summed E-state index contributed by atoms with van der Waals surface area (Å²) < 4.78 is 6.99. The maximum atomic E-state index is 12.0. The van der Waals surface area contributed by atoms with Crippen molar-refractivity contribution in [2.75, 3.05) is 13.2 Å². The Hall–Kier alpha value is -2.18. The Labute approximate surface area is 122 Å². The molecule has 1 aliphatic rings. The number of benzene rings is 1. The quantitative estimate of drug-likeness (QED) is 0.855. The van der Waals surface area contributed by atoms with Gasteiger partial charge >= 0.3 is 0 Å². The average molecular weight is 286 g/mol. The lowest BCUT2D eigenvalue weighted by molar-refractivity contribution is -0.125. The van der Waals surface area contributed by atoms with Crippen LogP contribution in [0.15, 0.2) is 42.7 Å². The minimum absolute atomic E-state index is 0.0625. The van der Waals surface area contributed by atoms with E-state index in [-0.39, 0.29) is 17.9 Å². The average Bonchev–Trinajstić information content (AvgIpc) is 3.15. The van der Waals surface area contributed by atoms with Crippen LogP contribution in [0.5, 0.6) is 0 Å². The van der Waals surface area contributed by atoms with Gasteiger partial charge in [-0.1, -0.05) is 18.2 Å². The number of carbonyl (C=O) groups excluding carboxylic acids is 1. The molecule has 6 heteroatoms. The second kappa shape index (κ2) is 6.07. The first-order valence-electron chi connectivity index (χ1n) is 6.94. The van der Waals surface area contributed by atoms with Crippen LogP contribution in [0.25, 0.3) is 5.69 Å². The predicted octanol–water partition coefficient (Wildman–Crippen LogP) is 0.462. The van der Waals surface area contributed by atoms with E-state index in [0.717, 1.165) is 11.3 Å². The lowest BCUT2D eigenvalue weighted by Crippen LogP contribution is -2.40. The third kappa shape index (κ3) is 3.12. The molecule has 2 aromatic rings. The summed E-state index contributed by atoms with van der Waals surface area (Å²) in [5.41, 5.74) is 7.76. The van der Waals surface area contributed by atoms with Crippen molar-refractivity contribution in [1.29, 1.82) is 0 Å². The zero-order valence-corrected chi connectivity index (χ0v) is 11.6. The second-order valence-electron chi connectivity index (χ2n) is 5.15. The molecule has 1 aliphatic heterocycles. The van der Waals surface area contributed by atoms with Gasteiger partial charge < -0.3 is 15.8 Å². The van der Waals surface area contributed by atoms with E-state index in [4.69, 9.17) is 10.5 Å². The fourth-order valence-corrected chi connectivity index (χ4v) is 2.33. The summed E-state index contributed by atoms with van der Waals surface area (Å²) >= 11 is 0. The number of aromatic nitrogens is 2. The summed E-state index contributed by atoms with van der Waals surface area (Å²) in [6, 6.07) is 9.62. The zero-order chi connectivity index (χ0) is 14.7. The molecule has 1 fully saturated rings. The van der Waals surface area contributed by atoms with Crippen molar-refractivity contribution >= 4 is 5.91 Å². The normalized spacial score (nSPS) is 21.4.